The molecule has 0 aliphatic rings. The maximum absolute atomic E-state index is 12.9. The maximum atomic E-state index is 12.9. The summed E-state index contributed by atoms with van der Waals surface area (Å²) in [6.07, 6.45) is 76.4. The molecule has 0 aromatic heterocycles. The second-order valence-corrected chi connectivity index (χ2v) is 18.6. The first-order valence-corrected chi connectivity index (χ1v) is 28.5. The molecule has 6 nitrogen and oxygen atoms in total. The van der Waals surface area contributed by atoms with E-state index in [2.05, 4.69) is 57.2 Å². The first kappa shape index (κ1) is 65.1. The number of ether oxygens (including phenoxy) is 3. The van der Waals surface area contributed by atoms with Gasteiger partial charge in [-0.1, -0.05) is 252 Å². The van der Waals surface area contributed by atoms with Crippen molar-refractivity contribution >= 4 is 17.9 Å². The molecule has 6 heteroatoms. The predicted molar refractivity (Wildman–Crippen MR) is 297 cm³/mol. The first-order chi connectivity index (χ1) is 34.0. The highest BCUT2D eigenvalue weighted by molar-refractivity contribution is 5.71. The molecule has 0 amide bonds. The predicted octanol–water partition coefficient (Wildman–Crippen LogP) is 19.1. The number of unbranched alkanes of at least 4 members (excludes halogenated alkanes) is 27. The summed E-state index contributed by atoms with van der Waals surface area (Å²) in [5, 5.41) is 0. The second-order valence-electron chi connectivity index (χ2n) is 18.6. The van der Waals surface area contributed by atoms with E-state index in [9.17, 15) is 14.4 Å². The Labute approximate surface area is 425 Å². The highest BCUT2D eigenvalue weighted by Crippen LogP contribution is 2.14. The zero-order chi connectivity index (χ0) is 50.0. The smallest absolute Gasteiger partial charge is 0.306 e. The van der Waals surface area contributed by atoms with E-state index in [1.165, 1.54) is 116 Å². The summed E-state index contributed by atoms with van der Waals surface area (Å²) in [7, 11) is 0. The molecule has 0 aliphatic heterocycles. The lowest BCUT2D eigenvalue weighted by Gasteiger charge is -2.18. The van der Waals surface area contributed by atoms with E-state index in [4.69, 9.17) is 14.2 Å². The summed E-state index contributed by atoms with van der Waals surface area (Å²) in [4.78, 5) is 38.1. The fourth-order valence-corrected chi connectivity index (χ4v) is 7.65. The monoisotopic (exact) mass is 957 g/mol. The van der Waals surface area contributed by atoms with Gasteiger partial charge in [-0.2, -0.15) is 0 Å². The Hall–Kier alpha value is -3.93. The van der Waals surface area contributed by atoms with Crippen molar-refractivity contribution in [3.63, 3.8) is 0 Å². The van der Waals surface area contributed by atoms with Crippen molar-refractivity contribution in [3.8, 4) is 0 Å². The zero-order valence-corrected chi connectivity index (χ0v) is 44.8. The number of allylic oxidation sites excluding steroid dienone is 18. The third kappa shape index (κ3) is 54.9. The number of carbonyl (C=O) groups excluding carboxylic acids is 3. The van der Waals surface area contributed by atoms with E-state index in [1.807, 2.05) is 72.9 Å². The van der Waals surface area contributed by atoms with Crippen LogP contribution in [-0.2, 0) is 28.6 Å². The van der Waals surface area contributed by atoms with E-state index in [1.54, 1.807) is 0 Å². The number of rotatable bonds is 50. The summed E-state index contributed by atoms with van der Waals surface area (Å²) in [5.41, 5.74) is 0. The van der Waals surface area contributed by atoms with Crippen LogP contribution < -0.4 is 0 Å². The quantitative estimate of drug-likeness (QED) is 0.0199. The van der Waals surface area contributed by atoms with Crippen LogP contribution in [0.3, 0.4) is 0 Å². The number of esters is 3. The third-order valence-electron chi connectivity index (χ3n) is 11.9. The van der Waals surface area contributed by atoms with E-state index in [-0.39, 0.29) is 31.1 Å². The van der Waals surface area contributed by atoms with E-state index < -0.39 is 6.10 Å². The number of hydrogen-bond acceptors (Lipinski definition) is 6. The van der Waals surface area contributed by atoms with Crippen molar-refractivity contribution < 1.29 is 28.6 Å². The highest BCUT2D eigenvalue weighted by atomic mass is 16.6. The minimum atomic E-state index is -0.807. The lowest BCUT2D eigenvalue weighted by molar-refractivity contribution is -0.167. The van der Waals surface area contributed by atoms with Crippen LogP contribution in [0.2, 0.25) is 0 Å². The van der Waals surface area contributed by atoms with Gasteiger partial charge < -0.3 is 14.2 Å². The van der Waals surface area contributed by atoms with Gasteiger partial charge >= 0.3 is 17.9 Å². The van der Waals surface area contributed by atoms with Gasteiger partial charge in [-0.05, 0) is 89.9 Å². The lowest BCUT2D eigenvalue weighted by atomic mass is 10.1. The van der Waals surface area contributed by atoms with Crippen LogP contribution in [0.4, 0.5) is 0 Å². The van der Waals surface area contributed by atoms with E-state index in [0.29, 0.717) is 19.3 Å². The van der Waals surface area contributed by atoms with Crippen LogP contribution in [-0.4, -0.2) is 37.2 Å². The second kappa shape index (κ2) is 56.7. The normalized spacial score (nSPS) is 12.9. The number of hydrogen-bond donors (Lipinski definition) is 0. The molecule has 0 heterocycles. The molecule has 1 atom stereocenters. The van der Waals surface area contributed by atoms with Crippen molar-refractivity contribution in [1.82, 2.24) is 0 Å². The van der Waals surface area contributed by atoms with Crippen molar-refractivity contribution in [2.24, 2.45) is 0 Å². The van der Waals surface area contributed by atoms with Gasteiger partial charge in [0.05, 0.1) is 0 Å². The Kier molecular flexibility index (Phi) is 53.4. The van der Waals surface area contributed by atoms with E-state index >= 15 is 0 Å². The van der Waals surface area contributed by atoms with Crippen LogP contribution in [0.15, 0.2) is 109 Å². The highest BCUT2D eigenvalue weighted by Gasteiger charge is 2.19. The van der Waals surface area contributed by atoms with Gasteiger partial charge in [-0.3, -0.25) is 14.4 Å². The molecule has 69 heavy (non-hydrogen) atoms. The minimum absolute atomic E-state index is 0.102. The molecule has 0 aromatic rings. The fraction of sp³-hybridized carbons (Fsp3) is 0.667. The van der Waals surface area contributed by atoms with Crippen molar-refractivity contribution in [1.29, 1.82) is 0 Å². The van der Waals surface area contributed by atoms with E-state index in [0.717, 1.165) is 96.3 Å². The molecule has 0 N–H and O–H groups in total. The zero-order valence-electron chi connectivity index (χ0n) is 44.8. The van der Waals surface area contributed by atoms with Gasteiger partial charge in [0.1, 0.15) is 13.2 Å². The molecule has 0 aromatic carbocycles. The van der Waals surface area contributed by atoms with Gasteiger partial charge in [0, 0.05) is 19.3 Å². The molecule has 0 spiro atoms. The Balaban J connectivity index is 4.52. The fourth-order valence-electron chi connectivity index (χ4n) is 7.65. The Morgan fingerprint density at radius 2 is 0.580 bits per heavy atom. The molecule has 0 saturated carbocycles. The van der Waals surface area contributed by atoms with Crippen LogP contribution in [0.5, 0.6) is 0 Å². The van der Waals surface area contributed by atoms with Gasteiger partial charge in [0.2, 0.25) is 0 Å². The molecule has 392 valence electrons. The molecule has 0 bridgehead atoms. The standard InChI is InChI=1S/C63H104O6/c1-4-7-10-13-16-19-22-25-28-31-32-33-36-38-41-44-47-50-53-56-62(65)68-59-60(69-63(66)57-54-51-48-45-42-39-35-30-27-24-21-18-15-12-9-6-3)58-67-61(64)55-52-49-46-43-40-37-34-29-26-23-20-17-14-11-8-5-2/h7,10,13,16,19,22,25,28-36,38,41,60H,4-6,8-9,11-12,14-15,17-18,20-21,23-24,26-27,37,39-40,42-59H2,1-3H3/b10-7-,16-13-,22-19-,28-25-,32-31+,34-29-,35-30-,36-33-,41-38-. The lowest BCUT2D eigenvalue weighted by Crippen LogP contribution is -2.30. The van der Waals surface area contributed by atoms with Crippen LogP contribution in [0.1, 0.15) is 252 Å². The SMILES string of the molecule is CC\C=C/C=C\C=C/C=C\C=C\C=C/C=C\CCCCCC(=O)OCC(COC(=O)CCCCCCC/C=C\CCCCCCCCC)OC(=O)CCCCCCC/C=C\CCCCCCCCC. The average molecular weight is 958 g/mol. The van der Waals surface area contributed by atoms with Gasteiger partial charge in [-0.25, -0.2) is 0 Å². The Morgan fingerprint density at radius 3 is 0.942 bits per heavy atom. The van der Waals surface area contributed by atoms with Crippen molar-refractivity contribution in [2.75, 3.05) is 13.2 Å². The summed E-state index contributed by atoms with van der Waals surface area (Å²) in [6.45, 7) is 6.44. The largest absolute Gasteiger partial charge is 0.462 e. The topological polar surface area (TPSA) is 78.9 Å². The Bertz CT molecular complexity index is 1420. The molecular weight excluding hydrogens is 853 g/mol. The maximum Gasteiger partial charge on any atom is 0.306 e. The van der Waals surface area contributed by atoms with Crippen LogP contribution >= 0.6 is 0 Å². The minimum Gasteiger partial charge on any atom is -0.462 e. The van der Waals surface area contributed by atoms with Gasteiger partial charge in [0.15, 0.2) is 6.10 Å². The number of carbonyl (C=O) groups is 3. The molecule has 0 radical (unpaired) electrons. The summed E-state index contributed by atoms with van der Waals surface area (Å²) in [5.74, 6) is -0.963. The van der Waals surface area contributed by atoms with Gasteiger partial charge in [-0.15, -0.1) is 0 Å². The van der Waals surface area contributed by atoms with Crippen molar-refractivity contribution in [2.45, 2.75) is 258 Å². The molecule has 0 aliphatic carbocycles. The molecule has 0 fully saturated rings. The molecule has 0 saturated heterocycles. The summed E-state index contributed by atoms with van der Waals surface area (Å²) >= 11 is 0. The summed E-state index contributed by atoms with van der Waals surface area (Å²) < 4.78 is 16.8. The average Bonchev–Trinajstić information content (AvgIpc) is 3.35. The van der Waals surface area contributed by atoms with Crippen molar-refractivity contribution in [3.05, 3.63) is 109 Å². The van der Waals surface area contributed by atoms with Crippen LogP contribution in [0, 0.1) is 0 Å². The van der Waals surface area contributed by atoms with Gasteiger partial charge in [0.25, 0.3) is 0 Å². The molecular formula is C63H104O6. The first-order valence-electron chi connectivity index (χ1n) is 28.5. The molecule has 1 unspecified atom stereocenters. The Morgan fingerprint density at radius 1 is 0.304 bits per heavy atom. The summed E-state index contributed by atoms with van der Waals surface area (Å²) in [6, 6.07) is 0. The molecule has 0 rings (SSSR count). The third-order valence-corrected chi connectivity index (χ3v) is 11.9. The van der Waals surface area contributed by atoms with Crippen LogP contribution in [0.25, 0.3) is 0 Å².